The van der Waals surface area contributed by atoms with Gasteiger partial charge in [0.25, 0.3) is 0 Å². The van der Waals surface area contributed by atoms with Crippen molar-refractivity contribution in [3.8, 4) is 0 Å². The van der Waals surface area contributed by atoms with Gasteiger partial charge in [-0.15, -0.1) is 0 Å². The highest BCUT2D eigenvalue weighted by Gasteiger charge is 2.47. The molecule has 1 saturated carbocycles. The van der Waals surface area contributed by atoms with E-state index in [0.29, 0.717) is 0 Å². The smallest absolute Gasteiger partial charge is 0.120 e. The fourth-order valence-electron chi connectivity index (χ4n) is 1.47. The summed E-state index contributed by atoms with van der Waals surface area (Å²) < 4.78 is 5.89. The maximum atomic E-state index is 8.91. The van der Waals surface area contributed by atoms with Gasteiger partial charge in [0.2, 0.25) is 0 Å². The third-order valence-electron chi connectivity index (χ3n) is 1.99. The van der Waals surface area contributed by atoms with Crippen molar-refractivity contribution >= 4 is 0 Å². The minimum Gasteiger partial charge on any atom is -0.395 e. The topological polar surface area (TPSA) is 41.5 Å². The second-order valence-corrected chi connectivity index (χ2v) is 4.94. The van der Waals surface area contributed by atoms with E-state index in [0.717, 1.165) is 12.8 Å². The molecular formula is C10H21NO2. The summed E-state index contributed by atoms with van der Waals surface area (Å²) in [5.41, 5.74) is -0.265. The lowest BCUT2D eigenvalue weighted by Crippen LogP contribution is -2.45. The molecule has 13 heavy (non-hydrogen) atoms. The normalized spacial score (nSPS) is 22.8. The van der Waals surface area contributed by atoms with Crippen molar-refractivity contribution in [3.63, 3.8) is 0 Å². The van der Waals surface area contributed by atoms with Crippen LogP contribution in [0, 0.1) is 0 Å². The number of aliphatic hydroxyl groups is 1. The van der Waals surface area contributed by atoms with Crippen LogP contribution in [-0.2, 0) is 4.74 Å². The molecule has 1 atom stereocenters. The van der Waals surface area contributed by atoms with Crippen LogP contribution < -0.4 is 5.32 Å². The first-order valence-corrected chi connectivity index (χ1v) is 4.96. The Balaban J connectivity index is 2.39. The molecule has 1 rings (SSSR count). The molecule has 3 nitrogen and oxygen atoms in total. The van der Waals surface area contributed by atoms with Gasteiger partial charge < -0.3 is 9.84 Å². The Morgan fingerprint density at radius 1 is 1.46 bits per heavy atom. The lowest BCUT2D eigenvalue weighted by molar-refractivity contribution is -0.0977. The van der Waals surface area contributed by atoms with Crippen LogP contribution in [0.25, 0.3) is 0 Å². The van der Waals surface area contributed by atoms with Gasteiger partial charge in [-0.05, 0) is 40.5 Å². The van der Waals surface area contributed by atoms with E-state index in [9.17, 15) is 0 Å². The number of aliphatic hydroxyl groups excluding tert-OH is 1. The molecule has 0 amide bonds. The molecule has 0 aromatic rings. The van der Waals surface area contributed by atoms with Crippen LogP contribution >= 0.6 is 0 Å². The number of hydrogen-bond acceptors (Lipinski definition) is 3. The molecule has 3 heteroatoms. The second-order valence-electron chi connectivity index (χ2n) is 4.94. The molecule has 1 fully saturated rings. The fourth-order valence-corrected chi connectivity index (χ4v) is 1.47. The SMILES string of the molecule is CC(CO)NC1(OC(C)(C)C)CC1. The molecule has 0 heterocycles. The van der Waals surface area contributed by atoms with Gasteiger partial charge >= 0.3 is 0 Å². The van der Waals surface area contributed by atoms with Gasteiger partial charge in [-0.2, -0.15) is 0 Å². The van der Waals surface area contributed by atoms with Crippen molar-refractivity contribution in [1.29, 1.82) is 0 Å². The number of nitrogens with one attached hydrogen (secondary N) is 1. The van der Waals surface area contributed by atoms with Gasteiger partial charge in [0.05, 0.1) is 12.2 Å². The van der Waals surface area contributed by atoms with Gasteiger partial charge in [0, 0.05) is 6.04 Å². The monoisotopic (exact) mass is 187 g/mol. The Morgan fingerprint density at radius 3 is 2.31 bits per heavy atom. The van der Waals surface area contributed by atoms with E-state index in [1.54, 1.807) is 0 Å². The molecule has 0 aromatic carbocycles. The van der Waals surface area contributed by atoms with Crippen molar-refractivity contribution in [2.24, 2.45) is 0 Å². The van der Waals surface area contributed by atoms with E-state index in [1.807, 2.05) is 6.92 Å². The highest BCUT2D eigenvalue weighted by atomic mass is 16.5. The fraction of sp³-hybridized carbons (Fsp3) is 1.00. The quantitative estimate of drug-likeness (QED) is 0.651. The average molecular weight is 187 g/mol. The molecule has 0 saturated heterocycles. The lowest BCUT2D eigenvalue weighted by atomic mass is 10.2. The third kappa shape index (κ3) is 3.63. The Labute approximate surface area is 80.5 Å². The lowest BCUT2D eigenvalue weighted by Gasteiger charge is -2.30. The van der Waals surface area contributed by atoms with Crippen LogP contribution in [0.5, 0.6) is 0 Å². The predicted molar refractivity (Wildman–Crippen MR) is 52.5 cm³/mol. The number of ether oxygens (including phenoxy) is 1. The van der Waals surface area contributed by atoms with Crippen molar-refractivity contribution in [3.05, 3.63) is 0 Å². The zero-order valence-electron chi connectivity index (χ0n) is 9.05. The first-order chi connectivity index (χ1) is 5.87. The largest absolute Gasteiger partial charge is 0.395 e. The van der Waals surface area contributed by atoms with Crippen LogP contribution in [0.1, 0.15) is 40.5 Å². The van der Waals surface area contributed by atoms with E-state index in [1.165, 1.54) is 0 Å². The summed E-state index contributed by atoms with van der Waals surface area (Å²) in [4.78, 5) is 0. The van der Waals surface area contributed by atoms with E-state index in [4.69, 9.17) is 9.84 Å². The molecule has 0 spiro atoms. The molecule has 2 N–H and O–H groups in total. The molecule has 1 unspecified atom stereocenters. The summed E-state index contributed by atoms with van der Waals surface area (Å²) in [5, 5.41) is 12.2. The summed E-state index contributed by atoms with van der Waals surface area (Å²) in [7, 11) is 0. The maximum Gasteiger partial charge on any atom is 0.120 e. The van der Waals surface area contributed by atoms with Crippen LogP contribution in [0.4, 0.5) is 0 Å². The second kappa shape index (κ2) is 3.56. The van der Waals surface area contributed by atoms with Crippen molar-refractivity contribution in [1.82, 2.24) is 5.32 Å². The highest BCUT2D eigenvalue weighted by molar-refractivity contribution is 4.96. The standard InChI is InChI=1S/C10H21NO2/c1-8(7-12)11-10(5-6-10)13-9(2,3)4/h8,11-12H,5-7H2,1-4H3. The van der Waals surface area contributed by atoms with Crippen LogP contribution in [-0.4, -0.2) is 29.1 Å². The van der Waals surface area contributed by atoms with Crippen molar-refractivity contribution < 1.29 is 9.84 Å². The predicted octanol–water partition coefficient (Wildman–Crippen LogP) is 1.26. The average Bonchev–Trinajstić information content (AvgIpc) is 2.65. The van der Waals surface area contributed by atoms with Gasteiger partial charge in [-0.25, -0.2) is 0 Å². The van der Waals surface area contributed by atoms with Gasteiger partial charge in [-0.1, -0.05) is 0 Å². The molecule has 1 aliphatic rings. The zero-order chi connectivity index (χ0) is 10.1. The first-order valence-electron chi connectivity index (χ1n) is 4.96. The minimum atomic E-state index is -0.152. The summed E-state index contributed by atoms with van der Waals surface area (Å²) in [6.45, 7) is 8.29. The minimum absolute atomic E-state index is 0.112. The van der Waals surface area contributed by atoms with E-state index in [2.05, 4.69) is 26.1 Å². The summed E-state index contributed by atoms with van der Waals surface area (Å²) in [5.74, 6) is 0. The van der Waals surface area contributed by atoms with Gasteiger partial charge in [0.1, 0.15) is 5.72 Å². The van der Waals surface area contributed by atoms with Crippen LogP contribution in [0.3, 0.4) is 0 Å². The Hall–Kier alpha value is -0.120. The molecular weight excluding hydrogens is 166 g/mol. The van der Waals surface area contributed by atoms with E-state index < -0.39 is 0 Å². The van der Waals surface area contributed by atoms with E-state index in [-0.39, 0.29) is 24.0 Å². The Bertz CT molecular complexity index is 170. The van der Waals surface area contributed by atoms with E-state index >= 15 is 0 Å². The molecule has 0 radical (unpaired) electrons. The summed E-state index contributed by atoms with van der Waals surface area (Å²) >= 11 is 0. The summed E-state index contributed by atoms with van der Waals surface area (Å²) in [6, 6.07) is 0.116. The first kappa shape index (κ1) is 11.0. The molecule has 0 aliphatic heterocycles. The number of rotatable bonds is 4. The number of hydrogen-bond donors (Lipinski definition) is 2. The zero-order valence-corrected chi connectivity index (χ0v) is 9.05. The third-order valence-corrected chi connectivity index (χ3v) is 1.99. The van der Waals surface area contributed by atoms with Crippen LogP contribution in [0.2, 0.25) is 0 Å². The molecule has 0 bridgehead atoms. The molecule has 0 aromatic heterocycles. The van der Waals surface area contributed by atoms with Crippen molar-refractivity contribution in [2.45, 2.75) is 57.9 Å². The highest BCUT2D eigenvalue weighted by Crippen LogP contribution is 2.40. The van der Waals surface area contributed by atoms with Gasteiger partial charge in [-0.3, -0.25) is 5.32 Å². The summed E-state index contributed by atoms with van der Waals surface area (Å²) in [6.07, 6.45) is 2.10. The maximum absolute atomic E-state index is 8.91. The molecule has 78 valence electrons. The molecule has 1 aliphatic carbocycles. The Kier molecular flexibility index (Phi) is 3.00. The van der Waals surface area contributed by atoms with Gasteiger partial charge in [0.15, 0.2) is 0 Å². The van der Waals surface area contributed by atoms with Crippen molar-refractivity contribution in [2.75, 3.05) is 6.61 Å². The van der Waals surface area contributed by atoms with Crippen LogP contribution in [0.15, 0.2) is 0 Å². The Morgan fingerprint density at radius 2 is 2.00 bits per heavy atom.